The molecule has 0 spiro atoms. The summed E-state index contributed by atoms with van der Waals surface area (Å²) in [5, 5.41) is 0.238. The van der Waals surface area contributed by atoms with E-state index in [1.54, 1.807) is 0 Å². The summed E-state index contributed by atoms with van der Waals surface area (Å²) in [6, 6.07) is 0. The Morgan fingerprint density at radius 1 is 1.14 bits per heavy atom. The van der Waals surface area contributed by atoms with E-state index in [9.17, 15) is 4.79 Å². The molecule has 3 heteroatoms. The smallest absolute Gasteiger partial charge is 0.192 e. The molecule has 0 amide bonds. The first-order valence-corrected chi connectivity index (χ1v) is 13.7. The van der Waals surface area contributed by atoms with Crippen LogP contribution < -0.4 is 0 Å². The molecule has 0 N–H and O–H groups in total. The van der Waals surface area contributed by atoms with Crippen LogP contribution in [0.4, 0.5) is 0 Å². The normalized spacial score (nSPS) is 19.7. The molecule has 0 saturated heterocycles. The molecule has 0 saturated carbocycles. The molecule has 0 unspecified atom stereocenters. The number of hydrogen-bond donors (Lipinski definition) is 0. The molecule has 0 bridgehead atoms. The van der Waals surface area contributed by atoms with Crippen LogP contribution in [0.5, 0.6) is 0 Å². The van der Waals surface area contributed by atoms with Crippen LogP contribution in [0.25, 0.3) is 0 Å². The van der Waals surface area contributed by atoms with Crippen LogP contribution >= 0.6 is 0 Å². The number of Topliss-reactive ketones (excluding diaryl/α,β-unsaturated/α-hetero) is 1. The molecule has 0 aromatic rings. The van der Waals surface area contributed by atoms with Crippen molar-refractivity contribution in [2.24, 2.45) is 5.41 Å². The van der Waals surface area contributed by atoms with Gasteiger partial charge in [-0.3, -0.25) is 4.79 Å². The molecule has 0 atom stereocenters. The van der Waals surface area contributed by atoms with Crippen LogP contribution in [0.15, 0.2) is 58.7 Å². The van der Waals surface area contributed by atoms with Gasteiger partial charge < -0.3 is 4.43 Å². The van der Waals surface area contributed by atoms with Gasteiger partial charge >= 0.3 is 0 Å². The highest BCUT2D eigenvalue weighted by Crippen LogP contribution is 2.39. The van der Waals surface area contributed by atoms with Crippen molar-refractivity contribution in [2.75, 3.05) is 6.61 Å². The highest BCUT2D eigenvalue weighted by atomic mass is 28.4. The van der Waals surface area contributed by atoms with Crippen molar-refractivity contribution in [3.05, 3.63) is 58.7 Å². The summed E-state index contributed by atoms with van der Waals surface area (Å²) in [6.07, 6.45) is 14.3. The van der Waals surface area contributed by atoms with Crippen molar-refractivity contribution < 1.29 is 9.22 Å². The molecule has 1 aliphatic rings. The van der Waals surface area contributed by atoms with E-state index >= 15 is 0 Å². The lowest BCUT2D eigenvalue weighted by Crippen LogP contribution is -2.40. The molecule has 0 aliphatic heterocycles. The number of hydrogen-bond acceptors (Lipinski definition) is 2. The van der Waals surface area contributed by atoms with E-state index in [0.717, 1.165) is 12.0 Å². The van der Waals surface area contributed by atoms with Gasteiger partial charge in [0, 0.05) is 6.42 Å². The van der Waals surface area contributed by atoms with E-state index in [0.29, 0.717) is 13.0 Å². The van der Waals surface area contributed by atoms with Crippen LogP contribution in [-0.4, -0.2) is 20.7 Å². The van der Waals surface area contributed by atoms with Gasteiger partial charge in [-0.2, -0.15) is 0 Å². The van der Waals surface area contributed by atoms with E-state index in [1.807, 2.05) is 6.92 Å². The minimum Gasteiger partial charge on any atom is -0.413 e. The Hall–Kier alpha value is -1.45. The first-order valence-electron chi connectivity index (χ1n) is 10.8. The molecule has 1 aliphatic carbocycles. The molecule has 0 heterocycles. The van der Waals surface area contributed by atoms with Gasteiger partial charge in [-0.25, -0.2) is 0 Å². The first-order chi connectivity index (χ1) is 13.2. The van der Waals surface area contributed by atoms with Crippen LogP contribution in [0.1, 0.15) is 68.2 Å². The SMILES string of the molecule is CC1=C(/C=C/C(C)=C/C=C\C(C)=C\CO[Si](C)(C)C(C)(C)C)C(C)(C)CCC1=O. The van der Waals surface area contributed by atoms with Gasteiger partial charge in [-0.15, -0.1) is 0 Å². The number of allylic oxidation sites excluding steroid dienone is 9. The summed E-state index contributed by atoms with van der Waals surface area (Å²) in [6.45, 7) is 22.6. The minimum atomic E-state index is -1.69. The molecular formula is C26H42O2Si. The Kier molecular flexibility index (Phi) is 8.85. The van der Waals surface area contributed by atoms with Crippen molar-refractivity contribution in [3.63, 3.8) is 0 Å². The molecular weight excluding hydrogens is 372 g/mol. The highest BCUT2D eigenvalue weighted by molar-refractivity contribution is 6.74. The molecule has 0 aromatic heterocycles. The second-order valence-electron chi connectivity index (χ2n) is 10.5. The van der Waals surface area contributed by atoms with Gasteiger partial charge in [0.15, 0.2) is 14.1 Å². The number of carbonyl (C=O) groups is 1. The van der Waals surface area contributed by atoms with Crippen LogP contribution in [0.2, 0.25) is 18.1 Å². The van der Waals surface area contributed by atoms with Gasteiger partial charge in [0.05, 0.1) is 6.61 Å². The zero-order chi connectivity index (χ0) is 22.5. The van der Waals surface area contributed by atoms with Gasteiger partial charge in [-0.05, 0) is 61.9 Å². The van der Waals surface area contributed by atoms with Crippen molar-refractivity contribution in [2.45, 2.75) is 86.4 Å². The van der Waals surface area contributed by atoms with Gasteiger partial charge in [-0.1, -0.05) is 82.2 Å². The average Bonchev–Trinajstić information content (AvgIpc) is 2.57. The van der Waals surface area contributed by atoms with Crippen molar-refractivity contribution in [1.82, 2.24) is 0 Å². The zero-order valence-electron chi connectivity index (χ0n) is 20.4. The van der Waals surface area contributed by atoms with Gasteiger partial charge in [0.25, 0.3) is 0 Å². The monoisotopic (exact) mass is 414 g/mol. The summed E-state index contributed by atoms with van der Waals surface area (Å²) in [5.74, 6) is 0.284. The summed E-state index contributed by atoms with van der Waals surface area (Å²) < 4.78 is 6.21. The number of carbonyl (C=O) groups excluding carboxylic acids is 1. The maximum Gasteiger partial charge on any atom is 0.192 e. The fourth-order valence-corrected chi connectivity index (χ4v) is 3.98. The topological polar surface area (TPSA) is 26.3 Å². The second kappa shape index (κ2) is 10.0. The minimum absolute atomic E-state index is 0.0636. The van der Waals surface area contributed by atoms with E-state index in [-0.39, 0.29) is 16.2 Å². The lowest BCUT2D eigenvalue weighted by molar-refractivity contribution is -0.116. The standard InChI is InChI=1S/C26H42O2Si/c1-20(14-15-23-22(3)24(27)16-18-26(23,7)8)12-11-13-21(2)17-19-28-29(9,10)25(4,5)6/h11-15,17H,16,18-19H2,1-10H3/b13-11-,15-14+,20-12+,21-17+. The quantitative estimate of drug-likeness (QED) is 0.315. The summed E-state index contributed by atoms with van der Waals surface area (Å²) in [4.78, 5) is 12.1. The maximum absolute atomic E-state index is 12.1. The van der Waals surface area contributed by atoms with Gasteiger partial charge in [0.1, 0.15) is 0 Å². The van der Waals surface area contributed by atoms with Gasteiger partial charge in [0.2, 0.25) is 0 Å². The third-order valence-electron chi connectivity index (χ3n) is 6.42. The van der Waals surface area contributed by atoms with Crippen LogP contribution in [0.3, 0.4) is 0 Å². The largest absolute Gasteiger partial charge is 0.413 e. The van der Waals surface area contributed by atoms with Crippen molar-refractivity contribution in [1.29, 1.82) is 0 Å². The first kappa shape index (κ1) is 25.6. The highest BCUT2D eigenvalue weighted by Gasteiger charge is 2.36. The van der Waals surface area contributed by atoms with Crippen molar-refractivity contribution in [3.8, 4) is 0 Å². The third kappa shape index (κ3) is 7.71. The molecule has 29 heavy (non-hydrogen) atoms. The Balaban J connectivity index is 2.73. The van der Waals surface area contributed by atoms with E-state index in [2.05, 4.69) is 98.0 Å². The summed E-state index contributed by atoms with van der Waals surface area (Å²) in [5.41, 5.74) is 4.52. The average molecular weight is 415 g/mol. The predicted molar refractivity (Wildman–Crippen MR) is 130 cm³/mol. The summed E-state index contributed by atoms with van der Waals surface area (Å²) >= 11 is 0. The lowest BCUT2D eigenvalue weighted by Gasteiger charge is -2.35. The molecule has 0 aromatic carbocycles. The molecule has 0 radical (unpaired) electrons. The fourth-order valence-electron chi connectivity index (χ4n) is 3.04. The molecule has 162 valence electrons. The Morgan fingerprint density at radius 2 is 1.76 bits per heavy atom. The second-order valence-corrected chi connectivity index (χ2v) is 15.3. The van der Waals surface area contributed by atoms with E-state index in [4.69, 9.17) is 4.43 Å². The lowest BCUT2D eigenvalue weighted by atomic mass is 9.72. The molecule has 2 nitrogen and oxygen atoms in total. The zero-order valence-corrected chi connectivity index (χ0v) is 21.4. The number of rotatable bonds is 7. The summed E-state index contributed by atoms with van der Waals surface area (Å²) in [7, 11) is -1.69. The number of ketones is 1. The fraction of sp³-hybridized carbons (Fsp3) is 0.577. The third-order valence-corrected chi connectivity index (χ3v) is 10.9. The predicted octanol–water partition coefficient (Wildman–Crippen LogP) is 7.72. The Labute approximate surface area is 180 Å². The maximum atomic E-state index is 12.1. The molecule has 0 fully saturated rings. The van der Waals surface area contributed by atoms with Crippen LogP contribution in [0, 0.1) is 5.41 Å². The Morgan fingerprint density at radius 3 is 2.34 bits per heavy atom. The molecule has 1 rings (SSSR count). The van der Waals surface area contributed by atoms with E-state index in [1.165, 1.54) is 16.7 Å². The van der Waals surface area contributed by atoms with E-state index < -0.39 is 8.32 Å². The van der Waals surface area contributed by atoms with Crippen molar-refractivity contribution >= 4 is 14.1 Å². The van der Waals surface area contributed by atoms with Crippen LogP contribution in [-0.2, 0) is 9.22 Å². The Bertz CT molecular complexity index is 750.